The van der Waals surface area contributed by atoms with Gasteiger partial charge < -0.3 is 14.8 Å². The van der Waals surface area contributed by atoms with E-state index in [0.717, 1.165) is 7.11 Å². The van der Waals surface area contributed by atoms with Crippen molar-refractivity contribution in [2.75, 3.05) is 19.0 Å². The zero-order valence-electron chi connectivity index (χ0n) is 13.3. The smallest absolute Gasteiger partial charge is 0.420 e. The van der Waals surface area contributed by atoms with Gasteiger partial charge in [0.05, 0.1) is 12.0 Å². The second-order valence-electron chi connectivity index (χ2n) is 4.77. The monoisotopic (exact) mass is 364 g/mol. The Labute approximate surface area is 144 Å². The Morgan fingerprint density at radius 2 is 1.64 bits per heavy atom. The number of carbonyl (C=O) groups is 2. The van der Waals surface area contributed by atoms with Gasteiger partial charge in [0.2, 0.25) is 0 Å². The van der Waals surface area contributed by atoms with Crippen LogP contribution in [0.4, 0.5) is 10.5 Å². The molecule has 0 atom stereocenters. The second kappa shape index (κ2) is 8.15. The highest BCUT2D eigenvalue weighted by Crippen LogP contribution is 2.14. The van der Waals surface area contributed by atoms with Gasteiger partial charge in [0.25, 0.3) is 15.9 Å². The van der Waals surface area contributed by atoms with Crippen molar-refractivity contribution in [2.45, 2.75) is 4.90 Å². The summed E-state index contributed by atoms with van der Waals surface area (Å²) in [5.74, 6) is 0.167. The van der Waals surface area contributed by atoms with Crippen molar-refractivity contribution in [3.8, 4) is 5.75 Å². The van der Waals surface area contributed by atoms with Crippen LogP contribution in [0.3, 0.4) is 0 Å². The fourth-order valence-electron chi connectivity index (χ4n) is 1.79. The molecule has 0 saturated carbocycles. The van der Waals surface area contributed by atoms with Gasteiger partial charge in [-0.2, -0.15) is 0 Å². The number of amides is 2. The summed E-state index contributed by atoms with van der Waals surface area (Å²) in [6.45, 7) is -0.187. The molecule has 2 amide bonds. The van der Waals surface area contributed by atoms with Crippen LogP contribution >= 0.6 is 0 Å². The van der Waals surface area contributed by atoms with Gasteiger partial charge in [0, 0.05) is 5.69 Å². The molecule has 0 aromatic heterocycles. The van der Waals surface area contributed by atoms with Gasteiger partial charge in [-0.1, -0.05) is 18.2 Å². The third-order valence-corrected chi connectivity index (χ3v) is 4.29. The lowest BCUT2D eigenvalue weighted by atomic mass is 10.3. The third kappa shape index (κ3) is 5.50. The Bertz CT molecular complexity index is 835. The molecule has 0 bridgehead atoms. The van der Waals surface area contributed by atoms with Crippen LogP contribution < -0.4 is 14.8 Å². The minimum atomic E-state index is -4.03. The first kappa shape index (κ1) is 18.3. The summed E-state index contributed by atoms with van der Waals surface area (Å²) in [5.41, 5.74) is 0.388. The fraction of sp³-hybridized carbons (Fsp3) is 0.125. The van der Waals surface area contributed by atoms with Crippen LogP contribution in [0.1, 0.15) is 0 Å². The summed E-state index contributed by atoms with van der Waals surface area (Å²) < 4.78 is 35.0. The lowest BCUT2D eigenvalue weighted by molar-refractivity contribution is -0.118. The van der Waals surface area contributed by atoms with Crippen LogP contribution in [-0.4, -0.2) is 34.1 Å². The summed E-state index contributed by atoms with van der Waals surface area (Å²) in [5, 5.41) is 2.57. The summed E-state index contributed by atoms with van der Waals surface area (Å²) in [7, 11) is -2.97. The van der Waals surface area contributed by atoms with Gasteiger partial charge in [-0.25, -0.2) is 17.9 Å². The molecule has 2 aromatic carbocycles. The normalized spacial score (nSPS) is 10.6. The number of hydrogen-bond donors (Lipinski definition) is 2. The van der Waals surface area contributed by atoms with Crippen molar-refractivity contribution < 1.29 is 27.5 Å². The van der Waals surface area contributed by atoms with E-state index >= 15 is 0 Å². The first-order chi connectivity index (χ1) is 11.9. The van der Waals surface area contributed by atoms with E-state index in [1.165, 1.54) is 24.3 Å². The minimum Gasteiger partial charge on any atom is -0.484 e. The largest absolute Gasteiger partial charge is 0.484 e. The quantitative estimate of drug-likeness (QED) is 0.808. The number of nitrogens with one attached hydrogen (secondary N) is 2. The van der Waals surface area contributed by atoms with E-state index < -0.39 is 22.0 Å². The molecule has 0 aliphatic heterocycles. The van der Waals surface area contributed by atoms with Crippen molar-refractivity contribution in [3.05, 3.63) is 54.6 Å². The highest BCUT2D eigenvalue weighted by atomic mass is 32.2. The molecule has 9 heteroatoms. The predicted molar refractivity (Wildman–Crippen MR) is 89.7 cm³/mol. The molecule has 2 aromatic rings. The molecule has 0 saturated heterocycles. The maximum atomic E-state index is 11.9. The molecular weight excluding hydrogens is 348 g/mol. The van der Waals surface area contributed by atoms with E-state index in [-0.39, 0.29) is 11.5 Å². The Hall–Kier alpha value is -3.07. The van der Waals surface area contributed by atoms with E-state index in [1.807, 2.05) is 6.07 Å². The van der Waals surface area contributed by atoms with Gasteiger partial charge in [0.1, 0.15) is 5.75 Å². The SMILES string of the molecule is COC(=O)NS(=O)(=O)c1ccc(NC(=O)COc2ccccc2)cc1. The average molecular weight is 364 g/mol. The van der Waals surface area contributed by atoms with Crippen molar-refractivity contribution in [1.82, 2.24) is 4.72 Å². The van der Waals surface area contributed by atoms with Gasteiger partial charge in [-0.15, -0.1) is 0 Å². The summed E-state index contributed by atoms with van der Waals surface area (Å²) in [6, 6.07) is 14.1. The molecule has 8 nitrogen and oxygen atoms in total. The molecule has 0 aliphatic rings. The zero-order valence-corrected chi connectivity index (χ0v) is 14.1. The van der Waals surface area contributed by atoms with Crippen LogP contribution in [0.5, 0.6) is 5.75 Å². The third-order valence-electron chi connectivity index (χ3n) is 2.96. The molecular formula is C16H16N2O6S. The number of benzene rings is 2. The number of rotatable bonds is 6. The Kier molecular flexibility index (Phi) is 5.96. The fourth-order valence-corrected chi connectivity index (χ4v) is 2.71. The number of para-hydroxylation sites is 1. The maximum absolute atomic E-state index is 11.9. The van der Waals surface area contributed by atoms with Crippen molar-refractivity contribution in [3.63, 3.8) is 0 Å². The highest BCUT2D eigenvalue weighted by Gasteiger charge is 2.17. The molecule has 0 heterocycles. The van der Waals surface area contributed by atoms with Crippen LogP contribution in [0.2, 0.25) is 0 Å². The molecule has 0 aliphatic carbocycles. The number of ether oxygens (including phenoxy) is 2. The van der Waals surface area contributed by atoms with Gasteiger partial charge in [-0.05, 0) is 36.4 Å². The first-order valence-corrected chi connectivity index (χ1v) is 8.57. The van der Waals surface area contributed by atoms with E-state index in [1.54, 1.807) is 29.0 Å². The Balaban J connectivity index is 1.93. The summed E-state index contributed by atoms with van der Waals surface area (Å²) in [4.78, 5) is 22.7. The van der Waals surface area contributed by atoms with Crippen LogP contribution in [-0.2, 0) is 19.6 Å². The molecule has 0 unspecified atom stereocenters. The van der Waals surface area contributed by atoms with Crippen LogP contribution in [0.25, 0.3) is 0 Å². The molecule has 0 radical (unpaired) electrons. The Morgan fingerprint density at radius 1 is 1.00 bits per heavy atom. The highest BCUT2D eigenvalue weighted by molar-refractivity contribution is 7.90. The van der Waals surface area contributed by atoms with Gasteiger partial charge in [-0.3, -0.25) is 4.79 Å². The molecule has 2 rings (SSSR count). The molecule has 0 fully saturated rings. The number of hydrogen-bond acceptors (Lipinski definition) is 6. The number of carbonyl (C=O) groups excluding carboxylic acids is 2. The summed E-state index contributed by atoms with van der Waals surface area (Å²) in [6.07, 6.45) is -1.09. The van der Waals surface area contributed by atoms with Gasteiger partial charge in [0.15, 0.2) is 6.61 Å². The predicted octanol–water partition coefficient (Wildman–Crippen LogP) is 1.75. The number of anilines is 1. The number of sulfonamides is 1. The van der Waals surface area contributed by atoms with Crippen LogP contribution in [0, 0.1) is 0 Å². The van der Waals surface area contributed by atoms with Crippen LogP contribution in [0.15, 0.2) is 59.5 Å². The lowest BCUT2D eigenvalue weighted by Crippen LogP contribution is -2.30. The van der Waals surface area contributed by atoms with Crippen molar-refractivity contribution in [1.29, 1.82) is 0 Å². The lowest BCUT2D eigenvalue weighted by Gasteiger charge is -2.09. The second-order valence-corrected chi connectivity index (χ2v) is 6.45. The maximum Gasteiger partial charge on any atom is 0.420 e. The van der Waals surface area contributed by atoms with Crippen molar-refractivity contribution in [2.24, 2.45) is 0 Å². The Morgan fingerprint density at radius 3 is 2.24 bits per heavy atom. The zero-order chi connectivity index (χ0) is 18.3. The first-order valence-electron chi connectivity index (χ1n) is 7.09. The minimum absolute atomic E-state index is 0.142. The average Bonchev–Trinajstić information content (AvgIpc) is 2.61. The van der Waals surface area contributed by atoms with E-state index in [0.29, 0.717) is 11.4 Å². The van der Waals surface area contributed by atoms with Gasteiger partial charge >= 0.3 is 6.09 Å². The van der Waals surface area contributed by atoms with E-state index in [9.17, 15) is 18.0 Å². The molecule has 132 valence electrons. The van der Waals surface area contributed by atoms with Crippen molar-refractivity contribution >= 4 is 27.7 Å². The van der Waals surface area contributed by atoms with E-state index in [2.05, 4.69) is 10.1 Å². The number of methoxy groups -OCH3 is 1. The topological polar surface area (TPSA) is 111 Å². The standard InChI is InChI=1S/C16H16N2O6S/c1-23-16(20)18-25(21,22)14-9-7-12(8-10-14)17-15(19)11-24-13-5-3-2-4-6-13/h2-10H,11H2,1H3,(H,17,19)(H,18,20). The van der Waals surface area contributed by atoms with E-state index in [4.69, 9.17) is 4.74 Å². The molecule has 25 heavy (non-hydrogen) atoms. The molecule has 0 spiro atoms. The molecule has 2 N–H and O–H groups in total. The summed E-state index contributed by atoms with van der Waals surface area (Å²) >= 11 is 0.